The zero-order valence-corrected chi connectivity index (χ0v) is 21.2. The molecular weight excluding hydrogens is 602 g/mol. The van der Waals surface area contributed by atoms with Crippen LogP contribution in [0.2, 0.25) is 0 Å². The number of halogens is 12. The summed E-state index contributed by atoms with van der Waals surface area (Å²) in [4.78, 5) is 24.3. The number of carbonyl (C=O) groups is 2. The molecule has 16 heteroatoms. The second kappa shape index (κ2) is 13.1. The Labute approximate surface area is 230 Å². The Morgan fingerprint density at radius 2 is 1.55 bits per heavy atom. The fraction of sp³-hybridized carbons (Fsp3) is 0.385. The predicted molar refractivity (Wildman–Crippen MR) is 124 cm³/mol. The van der Waals surface area contributed by atoms with Crippen LogP contribution in [0, 0.1) is 5.92 Å². The van der Waals surface area contributed by atoms with Gasteiger partial charge in [0.15, 0.2) is 5.78 Å². The third kappa shape index (κ3) is 10.9. The van der Waals surface area contributed by atoms with Gasteiger partial charge in [0.1, 0.15) is 12.3 Å². The number of hydrogen-bond acceptors (Lipinski definition) is 3. The summed E-state index contributed by atoms with van der Waals surface area (Å²) in [5, 5.41) is 1.59. The third-order valence-corrected chi connectivity index (χ3v) is 5.65. The van der Waals surface area contributed by atoms with E-state index < -0.39 is 95.8 Å². The van der Waals surface area contributed by atoms with Crippen LogP contribution in [-0.4, -0.2) is 37.0 Å². The smallest absolute Gasteiger partial charge is 0.406 e. The van der Waals surface area contributed by atoms with Crippen LogP contribution >= 0.6 is 0 Å². The van der Waals surface area contributed by atoms with Crippen LogP contribution in [0.25, 0.3) is 6.08 Å². The second-order valence-electron chi connectivity index (χ2n) is 9.00. The Bertz CT molecular complexity index is 1280. The Balaban J connectivity index is 2.29. The average Bonchev–Trinajstić information content (AvgIpc) is 2.83. The summed E-state index contributed by atoms with van der Waals surface area (Å²) in [5.74, 6) is -6.85. The summed E-state index contributed by atoms with van der Waals surface area (Å²) < 4.78 is 160. The van der Waals surface area contributed by atoms with Gasteiger partial charge in [-0.1, -0.05) is 43.3 Å². The number of ketones is 1. The maximum atomic E-state index is 13.7. The molecule has 0 saturated carbocycles. The molecule has 2 atom stereocenters. The van der Waals surface area contributed by atoms with Gasteiger partial charge < -0.3 is 10.1 Å². The quantitative estimate of drug-likeness (QED) is 0.214. The molecule has 42 heavy (non-hydrogen) atoms. The molecule has 2 aromatic carbocycles. The van der Waals surface area contributed by atoms with Crippen molar-refractivity contribution in [2.24, 2.45) is 5.92 Å². The van der Waals surface area contributed by atoms with E-state index in [1.165, 1.54) is 6.92 Å². The normalized spacial score (nSPS) is 14.5. The highest BCUT2D eigenvalue weighted by atomic mass is 19.4. The van der Waals surface area contributed by atoms with Gasteiger partial charge in [0, 0.05) is 17.9 Å². The molecule has 0 fully saturated rings. The molecule has 0 heterocycles. The van der Waals surface area contributed by atoms with E-state index in [1.54, 1.807) is 5.32 Å². The first kappa shape index (κ1) is 34.5. The average molecular weight is 623 g/mol. The number of rotatable bonds is 10. The van der Waals surface area contributed by atoms with E-state index in [1.807, 2.05) is 0 Å². The minimum absolute atomic E-state index is 0.389. The van der Waals surface area contributed by atoms with Crippen molar-refractivity contribution in [1.29, 1.82) is 0 Å². The first-order chi connectivity index (χ1) is 19.1. The van der Waals surface area contributed by atoms with Gasteiger partial charge in [-0.25, -0.2) is 0 Å². The summed E-state index contributed by atoms with van der Waals surface area (Å²) in [6.07, 6.45) is -20.1. The van der Waals surface area contributed by atoms with Crippen molar-refractivity contribution in [1.82, 2.24) is 5.32 Å². The highest BCUT2D eigenvalue weighted by Gasteiger charge is 2.40. The molecule has 2 aromatic rings. The van der Waals surface area contributed by atoms with E-state index in [0.717, 1.165) is 24.3 Å². The summed E-state index contributed by atoms with van der Waals surface area (Å²) >= 11 is 0. The minimum Gasteiger partial charge on any atom is -0.406 e. The lowest BCUT2D eigenvalue weighted by Crippen LogP contribution is -2.37. The van der Waals surface area contributed by atoms with Crippen molar-refractivity contribution in [3.8, 4) is 5.75 Å². The van der Waals surface area contributed by atoms with Crippen molar-refractivity contribution in [2.45, 2.75) is 50.6 Å². The largest absolute Gasteiger partial charge is 0.573 e. The number of nitrogens with one attached hydrogen (secondary N) is 1. The number of Topliss-reactive ketones (excluding diaryl/α,β-unsaturated/α-hetero) is 1. The molecule has 1 N–H and O–H groups in total. The van der Waals surface area contributed by atoms with Crippen LogP contribution < -0.4 is 10.1 Å². The monoisotopic (exact) mass is 623 g/mol. The van der Waals surface area contributed by atoms with E-state index in [2.05, 4.69) is 4.74 Å². The topological polar surface area (TPSA) is 55.4 Å². The first-order valence-corrected chi connectivity index (χ1v) is 11.8. The molecule has 1 amide bonds. The summed E-state index contributed by atoms with van der Waals surface area (Å²) in [6, 6.07) is 4.93. The van der Waals surface area contributed by atoms with Crippen LogP contribution in [0.4, 0.5) is 52.7 Å². The molecule has 0 aliphatic carbocycles. The lowest BCUT2D eigenvalue weighted by Gasteiger charge is -2.19. The molecular formula is C26H21F12NO3. The molecule has 2 rings (SSSR count). The Morgan fingerprint density at radius 3 is 2.10 bits per heavy atom. The van der Waals surface area contributed by atoms with Crippen LogP contribution in [0.3, 0.4) is 0 Å². The number of ether oxygens (including phenoxy) is 1. The Kier molecular flexibility index (Phi) is 10.7. The number of allylic oxidation sites excluding steroid dienone is 1. The predicted octanol–water partition coefficient (Wildman–Crippen LogP) is 8.24. The summed E-state index contributed by atoms with van der Waals surface area (Å²) in [6.45, 7) is -0.473. The zero-order valence-electron chi connectivity index (χ0n) is 21.2. The van der Waals surface area contributed by atoms with E-state index in [0.29, 0.717) is 30.4 Å². The van der Waals surface area contributed by atoms with Gasteiger partial charge in [-0.15, -0.1) is 13.2 Å². The number of carbonyl (C=O) groups excluding carboxylic acids is 2. The Morgan fingerprint density at radius 1 is 0.905 bits per heavy atom. The summed E-state index contributed by atoms with van der Waals surface area (Å²) in [7, 11) is 0. The van der Waals surface area contributed by atoms with Crippen LogP contribution in [0.1, 0.15) is 52.7 Å². The summed E-state index contributed by atoms with van der Waals surface area (Å²) in [5.41, 5.74) is -3.53. The van der Waals surface area contributed by atoms with Gasteiger partial charge >= 0.3 is 24.9 Å². The molecule has 0 aliphatic rings. The molecule has 0 aliphatic heterocycles. The first-order valence-electron chi connectivity index (χ1n) is 11.8. The lowest BCUT2D eigenvalue weighted by molar-refractivity contribution is -0.274. The van der Waals surface area contributed by atoms with Crippen molar-refractivity contribution >= 4 is 17.8 Å². The van der Waals surface area contributed by atoms with E-state index >= 15 is 0 Å². The fourth-order valence-electron chi connectivity index (χ4n) is 3.64. The van der Waals surface area contributed by atoms with Gasteiger partial charge in [0.25, 0.3) is 0 Å². The second-order valence-corrected chi connectivity index (χ2v) is 9.00. The van der Waals surface area contributed by atoms with Gasteiger partial charge in [-0.3, -0.25) is 9.59 Å². The number of benzene rings is 2. The van der Waals surface area contributed by atoms with Crippen LogP contribution in [-0.2, 0) is 11.0 Å². The zero-order chi connectivity index (χ0) is 32.1. The van der Waals surface area contributed by atoms with Crippen molar-refractivity contribution < 1.29 is 67.0 Å². The van der Waals surface area contributed by atoms with Gasteiger partial charge in [-0.05, 0) is 35.7 Å². The van der Waals surface area contributed by atoms with Crippen LogP contribution in [0.5, 0.6) is 5.75 Å². The van der Waals surface area contributed by atoms with Crippen LogP contribution in [0.15, 0.2) is 48.5 Å². The SMILES string of the molecule is C[C@@H](CCC(=O)c1ccc(/C=C/C(c2cccc(OC(F)(F)F)c2)C(F)(F)F)cc1C(F)(F)F)C(=O)NCC(F)(F)F. The number of alkyl halides is 12. The fourth-order valence-corrected chi connectivity index (χ4v) is 3.64. The molecule has 1 unspecified atom stereocenters. The van der Waals surface area contributed by atoms with Gasteiger partial charge in [-0.2, -0.15) is 39.5 Å². The molecule has 232 valence electrons. The van der Waals surface area contributed by atoms with Gasteiger partial charge in [0.2, 0.25) is 5.91 Å². The maximum absolute atomic E-state index is 13.7. The number of hydrogen-bond donors (Lipinski definition) is 1. The van der Waals surface area contributed by atoms with E-state index in [4.69, 9.17) is 0 Å². The van der Waals surface area contributed by atoms with Crippen molar-refractivity contribution in [3.63, 3.8) is 0 Å². The molecule has 4 nitrogen and oxygen atoms in total. The molecule has 0 radical (unpaired) electrons. The number of amides is 1. The van der Waals surface area contributed by atoms with Gasteiger partial charge in [0.05, 0.1) is 11.5 Å². The standard InChI is InChI=1S/C26H21F12NO3/c1-14(22(41)39-13-23(27,28)29)5-10-21(40)18-8-6-15(11-20(18)25(33,34)35)7-9-19(24(30,31)32)16-3-2-4-17(12-16)42-26(36,37)38/h2-4,6-9,11-12,14,19H,5,10,13H2,1H3,(H,39,41)/b9-7+/t14-,19?/m0/s1. The highest BCUT2D eigenvalue weighted by Crippen LogP contribution is 2.39. The van der Waals surface area contributed by atoms with E-state index in [-0.39, 0.29) is 0 Å². The maximum Gasteiger partial charge on any atom is 0.573 e. The van der Waals surface area contributed by atoms with Crippen molar-refractivity contribution in [3.05, 3.63) is 70.8 Å². The molecule has 0 saturated heterocycles. The molecule has 0 bridgehead atoms. The van der Waals surface area contributed by atoms with E-state index in [9.17, 15) is 62.3 Å². The minimum atomic E-state index is -5.19. The molecule has 0 aromatic heterocycles. The highest BCUT2D eigenvalue weighted by molar-refractivity contribution is 5.98. The van der Waals surface area contributed by atoms with Crippen molar-refractivity contribution in [2.75, 3.05) is 6.54 Å². The molecule has 0 spiro atoms. The lowest BCUT2D eigenvalue weighted by atomic mass is 9.93. The Hall–Kier alpha value is -3.72. The third-order valence-electron chi connectivity index (χ3n) is 5.65.